The van der Waals surface area contributed by atoms with E-state index >= 15 is 0 Å². The molecule has 0 bridgehead atoms. The van der Waals surface area contributed by atoms with Crippen molar-refractivity contribution in [2.45, 2.75) is 20.0 Å². The minimum Gasteiger partial charge on any atom is -0.384 e. The molecule has 19 heavy (non-hydrogen) atoms. The Balaban J connectivity index is 2.52. The molecule has 0 aliphatic carbocycles. The van der Waals surface area contributed by atoms with E-state index in [1.54, 1.807) is 19.9 Å². The molecule has 1 atom stereocenters. The van der Waals surface area contributed by atoms with Gasteiger partial charge in [0.15, 0.2) is 0 Å². The van der Waals surface area contributed by atoms with Crippen LogP contribution in [0.1, 0.15) is 28.4 Å². The molecule has 0 aromatic heterocycles. The predicted octanol–water partition coefficient (Wildman–Crippen LogP) is 4.32. The number of aliphatic hydroxyl groups is 1. The number of benzene rings is 2. The van der Waals surface area contributed by atoms with E-state index < -0.39 is 17.7 Å². The van der Waals surface area contributed by atoms with E-state index in [0.29, 0.717) is 5.56 Å². The number of halogens is 3. The predicted molar refractivity (Wildman–Crippen MR) is 71.3 cm³/mol. The zero-order valence-corrected chi connectivity index (χ0v) is 11.3. The average Bonchev–Trinajstić information content (AvgIpc) is 2.25. The molecule has 1 N–H and O–H groups in total. The van der Waals surface area contributed by atoms with Crippen molar-refractivity contribution in [1.29, 1.82) is 0 Å². The molecule has 0 saturated heterocycles. The smallest absolute Gasteiger partial charge is 0.129 e. The van der Waals surface area contributed by atoms with Gasteiger partial charge in [-0.25, -0.2) is 8.78 Å². The van der Waals surface area contributed by atoms with Gasteiger partial charge in [0.2, 0.25) is 0 Å². The molecular weight excluding hydrogens is 270 g/mol. The van der Waals surface area contributed by atoms with Gasteiger partial charge in [0, 0.05) is 10.6 Å². The van der Waals surface area contributed by atoms with Crippen LogP contribution < -0.4 is 0 Å². The summed E-state index contributed by atoms with van der Waals surface area (Å²) >= 11 is 5.74. The molecule has 0 heterocycles. The summed E-state index contributed by atoms with van der Waals surface area (Å²) in [6.45, 7) is 3.47. The van der Waals surface area contributed by atoms with Gasteiger partial charge in [0.05, 0.1) is 0 Å². The minimum atomic E-state index is -1.24. The molecule has 2 aromatic rings. The van der Waals surface area contributed by atoms with Crippen molar-refractivity contribution in [3.05, 3.63) is 69.2 Å². The summed E-state index contributed by atoms with van der Waals surface area (Å²) in [5.41, 5.74) is 1.76. The van der Waals surface area contributed by atoms with Crippen molar-refractivity contribution < 1.29 is 13.9 Å². The van der Waals surface area contributed by atoms with E-state index in [0.717, 1.165) is 17.7 Å². The Morgan fingerprint density at radius 2 is 1.74 bits per heavy atom. The average molecular weight is 283 g/mol. The van der Waals surface area contributed by atoms with E-state index in [2.05, 4.69) is 0 Å². The monoisotopic (exact) mass is 282 g/mol. The van der Waals surface area contributed by atoms with Gasteiger partial charge in [-0.2, -0.15) is 0 Å². The highest BCUT2D eigenvalue weighted by Crippen LogP contribution is 2.30. The SMILES string of the molecule is Cc1cc(C)c(C(O)c2cc(F)cc(Cl)c2)c(F)c1. The van der Waals surface area contributed by atoms with E-state index in [-0.39, 0.29) is 16.1 Å². The highest BCUT2D eigenvalue weighted by Gasteiger charge is 2.19. The lowest BCUT2D eigenvalue weighted by Gasteiger charge is -2.16. The number of aliphatic hydroxyl groups excluding tert-OH is 1. The third kappa shape index (κ3) is 2.94. The second-order valence-electron chi connectivity index (χ2n) is 4.58. The Kier molecular flexibility index (Phi) is 3.88. The van der Waals surface area contributed by atoms with Crippen molar-refractivity contribution in [2.75, 3.05) is 0 Å². The molecule has 1 unspecified atom stereocenters. The summed E-state index contributed by atoms with van der Waals surface area (Å²) in [6.07, 6.45) is -1.24. The Hall–Kier alpha value is -1.45. The van der Waals surface area contributed by atoms with Gasteiger partial charge in [0.1, 0.15) is 17.7 Å². The number of hydrogen-bond acceptors (Lipinski definition) is 1. The largest absolute Gasteiger partial charge is 0.384 e. The first-order valence-corrected chi connectivity index (χ1v) is 6.17. The van der Waals surface area contributed by atoms with Crippen LogP contribution in [-0.4, -0.2) is 5.11 Å². The third-order valence-corrected chi connectivity index (χ3v) is 3.17. The lowest BCUT2D eigenvalue weighted by Crippen LogP contribution is -2.06. The van der Waals surface area contributed by atoms with Gasteiger partial charge in [-0.05, 0) is 54.8 Å². The Labute approximate surface area is 115 Å². The molecule has 0 fully saturated rings. The zero-order valence-electron chi connectivity index (χ0n) is 10.5. The molecular formula is C15H13ClF2O. The van der Waals surface area contributed by atoms with Gasteiger partial charge in [-0.15, -0.1) is 0 Å². The standard InChI is InChI=1S/C15H13ClF2O/c1-8-3-9(2)14(13(18)4-8)15(19)10-5-11(16)7-12(17)6-10/h3-7,15,19H,1-2H3. The molecule has 2 aromatic carbocycles. The van der Waals surface area contributed by atoms with Crippen molar-refractivity contribution >= 4 is 11.6 Å². The highest BCUT2D eigenvalue weighted by atomic mass is 35.5. The molecule has 0 aliphatic heterocycles. The molecule has 0 aliphatic rings. The van der Waals surface area contributed by atoms with Crippen LogP contribution in [-0.2, 0) is 0 Å². The zero-order chi connectivity index (χ0) is 14.2. The summed E-state index contributed by atoms with van der Waals surface area (Å²) in [4.78, 5) is 0. The van der Waals surface area contributed by atoms with Crippen LogP contribution in [0.5, 0.6) is 0 Å². The molecule has 0 amide bonds. The molecule has 0 saturated carbocycles. The second kappa shape index (κ2) is 5.27. The Bertz CT molecular complexity index is 582. The van der Waals surface area contributed by atoms with E-state index in [9.17, 15) is 13.9 Å². The summed E-state index contributed by atoms with van der Waals surface area (Å²) < 4.78 is 27.2. The van der Waals surface area contributed by atoms with Crippen molar-refractivity contribution in [2.24, 2.45) is 0 Å². The second-order valence-corrected chi connectivity index (χ2v) is 5.02. The van der Waals surface area contributed by atoms with Gasteiger partial charge in [-0.3, -0.25) is 0 Å². The lowest BCUT2D eigenvalue weighted by molar-refractivity contribution is 0.213. The van der Waals surface area contributed by atoms with Gasteiger partial charge in [-0.1, -0.05) is 17.7 Å². The highest BCUT2D eigenvalue weighted by molar-refractivity contribution is 6.30. The normalized spacial score (nSPS) is 12.5. The van der Waals surface area contributed by atoms with Crippen LogP contribution in [0.25, 0.3) is 0 Å². The van der Waals surface area contributed by atoms with Crippen LogP contribution in [0, 0.1) is 25.5 Å². The maximum atomic E-state index is 14.0. The summed E-state index contributed by atoms with van der Waals surface area (Å²) in [6, 6.07) is 6.81. The first kappa shape index (κ1) is 14.0. The van der Waals surface area contributed by atoms with Gasteiger partial charge < -0.3 is 5.11 Å². The van der Waals surface area contributed by atoms with Crippen LogP contribution in [0.2, 0.25) is 5.02 Å². The topological polar surface area (TPSA) is 20.2 Å². The maximum Gasteiger partial charge on any atom is 0.129 e. The van der Waals surface area contributed by atoms with Crippen LogP contribution in [0.4, 0.5) is 8.78 Å². The molecule has 100 valence electrons. The van der Waals surface area contributed by atoms with Crippen molar-refractivity contribution in [1.82, 2.24) is 0 Å². The van der Waals surface area contributed by atoms with Crippen LogP contribution in [0.15, 0.2) is 30.3 Å². The number of rotatable bonds is 2. The fourth-order valence-electron chi connectivity index (χ4n) is 2.17. The third-order valence-electron chi connectivity index (χ3n) is 2.95. The van der Waals surface area contributed by atoms with Crippen molar-refractivity contribution in [3.63, 3.8) is 0 Å². The fourth-order valence-corrected chi connectivity index (χ4v) is 2.40. The van der Waals surface area contributed by atoms with Crippen LogP contribution in [0.3, 0.4) is 0 Å². The summed E-state index contributed by atoms with van der Waals surface area (Å²) in [5, 5.41) is 10.4. The maximum absolute atomic E-state index is 14.0. The molecule has 0 radical (unpaired) electrons. The minimum absolute atomic E-state index is 0.146. The Morgan fingerprint density at radius 1 is 1.05 bits per heavy atom. The van der Waals surface area contributed by atoms with Crippen molar-refractivity contribution in [3.8, 4) is 0 Å². The summed E-state index contributed by atoms with van der Waals surface area (Å²) in [7, 11) is 0. The van der Waals surface area contributed by atoms with E-state index in [1.807, 2.05) is 0 Å². The molecule has 4 heteroatoms. The number of hydrogen-bond donors (Lipinski definition) is 1. The van der Waals surface area contributed by atoms with E-state index in [4.69, 9.17) is 11.6 Å². The van der Waals surface area contributed by atoms with Crippen LogP contribution >= 0.6 is 11.6 Å². The van der Waals surface area contributed by atoms with E-state index in [1.165, 1.54) is 12.1 Å². The fraction of sp³-hybridized carbons (Fsp3) is 0.200. The lowest BCUT2D eigenvalue weighted by atomic mass is 9.95. The van der Waals surface area contributed by atoms with Gasteiger partial charge in [0.25, 0.3) is 0 Å². The molecule has 2 rings (SSSR count). The molecule has 0 spiro atoms. The molecule has 1 nitrogen and oxygen atoms in total. The number of aryl methyl sites for hydroxylation is 2. The first-order valence-electron chi connectivity index (χ1n) is 5.79. The quantitative estimate of drug-likeness (QED) is 0.870. The van der Waals surface area contributed by atoms with Gasteiger partial charge >= 0.3 is 0 Å². The first-order chi connectivity index (χ1) is 8.88. The Morgan fingerprint density at radius 3 is 2.32 bits per heavy atom. The summed E-state index contributed by atoms with van der Waals surface area (Å²) in [5.74, 6) is -1.07.